The van der Waals surface area contributed by atoms with Crippen molar-refractivity contribution in [3.8, 4) is 0 Å². The van der Waals surface area contributed by atoms with E-state index in [1.165, 1.54) is 12.1 Å². The molecule has 0 aliphatic heterocycles. The Morgan fingerprint density at radius 2 is 2.05 bits per heavy atom. The summed E-state index contributed by atoms with van der Waals surface area (Å²) >= 11 is 3.20. The molecule has 0 fully saturated rings. The van der Waals surface area contributed by atoms with E-state index in [0.717, 1.165) is 0 Å². The van der Waals surface area contributed by atoms with E-state index in [1.54, 1.807) is 18.1 Å². The average molecular weight is 379 g/mol. The van der Waals surface area contributed by atoms with E-state index in [9.17, 15) is 13.2 Å². The number of halogens is 1. The average Bonchev–Trinajstić information content (AvgIpc) is 2.38. The maximum absolute atomic E-state index is 12.5. The first-order chi connectivity index (χ1) is 9.70. The van der Waals surface area contributed by atoms with Gasteiger partial charge in [0.05, 0.1) is 17.5 Å². The lowest BCUT2D eigenvalue weighted by molar-refractivity contribution is 0.0579. The number of likely N-dealkylation sites (N-methyl/N-ethyl adjacent to an activating group) is 1. The molecule has 0 aromatic heterocycles. The van der Waals surface area contributed by atoms with Gasteiger partial charge >= 0.3 is 0 Å². The molecule has 118 valence electrons. The van der Waals surface area contributed by atoms with Crippen LogP contribution < -0.4 is 5.14 Å². The first kappa shape index (κ1) is 18.1. The number of primary sulfonamides is 1. The summed E-state index contributed by atoms with van der Waals surface area (Å²) in [4.78, 5) is 14.0. The van der Waals surface area contributed by atoms with E-state index in [1.807, 2.05) is 13.8 Å². The lowest BCUT2D eigenvalue weighted by Crippen LogP contribution is -2.41. The molecule has 0 saturated heterocycles. The zero-order chi connectivity index (χ0) is 16.2. The van der Waals surface area contributed by atoms with Crippen LogP contribution in [0.3, 0.4) is 0 Å². The smallest absolute Gasteiger partial charge is 0.254 e. The van der Waals surface area contributed by atoms with Gasteiger partial charge in [0, 0.05) is 23.7 Å². The molecule has 0 aliphatic carbocycles. The minimum Gasteiger partial charge on any atom is -0.383 e. The lowest BCUT2D eigenvalue weighted by atomic mass is 10.1. The molecule has 1 amide bonds. The lowest BCUT2D eigenvalue weighted by Gasteiger charge is -2.27. The number of amides is 1. The van der Waals surface area contributed by atoms with Crippen LogP contribution in [0.25, 0.3) is 0 Å². The van der Waals surface area contributed by atoms with E-state index in [-0.39, 0.29) is 22.4 Å². The molecule has 0 saturated carbocycles. The van der Waals surface area contributed by atoms with Crippen LogP contribution in [0, 0.1) is 0 Å². The normalized spacial score (nSPS) is 13.0. The third-order valence-electron chi connectivity index (χ3n) is 2.99. The third kappa shape index (κ3) is 4.77. The zero-order valence-electron chi connectivity index (χ0n) is 12.2. The maximum atomic E-state index is 12.5. The highest BCUT2D eigenvalue weighted by molar-refractivity contribution is 9.10. The number of carbonyl (C=O) groups excluding carboxylic acids is 1. The number of benzene rings is 1. The van der Waals surface area contributed by atoms with Crippen molar-refractivity contribution in [2.24, 2.45) is 5.14 Å². The first-order valence-corrected chi connectivity index (χ1v) is 8.68. The Labute approximate surface area is 133 Å². The predicted molar refractivity (Wildman–Crippen MR) is 83.6 cm³/mol. The molecule has 0 heterocycles. The van der Waals surface area contributed by atoms with Gasteiger partial charge < -0.3 is 9.64 Å². The number of methoxy groups -OCH3 is 1. The molecule has 6 nitrogen and oxygen atoms in total. The van der Waals surface area contributed by atoms with Crippen molar-refractivity contribution in [1.29, 1.82) is 0 Å². The summed E-state index contributed by atoms with van der Waals surface area (Å²) in [6.45, 7) is 4.60. The van der Waals surface area contributed by atoms with Gasteiger partial charge in [-0.1, -0.05) is 15.9 Å². The number of rotatable bonds is 6. The van der Waals surface area contributed by atoms with Gasteiger partial charge in [0.2, 0.25) is 10.0 Å². The number of nitrogens with two attached hydrogens (primary N) is 1. The molecule has 0 spiro atoms. The molecular formula is C13H19BrN2O4S. The Morgan fingerprint density at radius 1 is 1.43 bits per heavy atom. The fraction of sp³-hybridized carbons (Fsp3) is 0.462. The van der Waals surface area contributed by atoms with Crippen LogP contribution >= 0.6 is 15.9 Å². The molecule has 1 aromatic rings. The van der Waals surface area contributed by atoms with Crippen molar-refractivity contribution in [3.63, 3.8) is 0 Å². The zero-order valence-corrected chi connectivity index (χ0v) is 14.6. The van der Waals surface area contributed by atoms with E-state index in [0.29, 0.717) is 17.6 Å². The van der Waals surface area contributed by atoms with Gasteiger partial charge in [-0.15, -0.1) is 0 Å². The van der Waals surface area contributed by atoms with Crippen molar-refractivity contribution in [2.45, 2.75) is 24.8 Å². The first-order valence-electron chi connectivity index (χ1n) is 6.34. The number of carbonyl (C=O) groups is 1. The Kier molecular flexibility index (Phi) is 6.33. The van der Waals surface area contributed by atoms with Crippen molar-refractivity contribution in [2.75, 3.05) is 20.3 Å². The highest BCUT2D eigenvalue weighted by Gasteiger charge is 2.22. The number of sulfonamides is 1. The van der Waals surface area contributed by atoms with Crippen LogP contribution in [0.5, 0.6) is 0 Å². The van der Waals surface area contributed by atoms with Gasteiger partial charge in [-0.3, -0.25) is 4.79 Å². The molecule has 21 heavy (non-hydrogen) atoms. The minimum absolute atomic E-state index is 0.101. The maximum Gasteiger partial charge on any atom is 0.254 e. The fourth-order valence-corrected chi connectivity index (χ4v) is 3.23. The highest BCUT2D eigenvalue weighted by Crippen LogP contribution is 2.20. The molecule has 2 N–H and O–H groups in total. The Morgan fingerprint density at radius 3 is 2.52 bits per heavy atom. The quantitative estimate of drug-likeness (QED) is 0.813. The van der Waals surface area contributed by atoms with Gasteiger partial charge in [-0.05, 0) is 32.0 Å². The number of hydrogen-bond acceptors (Lipinski definition) is 4. The summed E-state index contributed by atoms with van der Waals surface area (Å²) in [7, 11) is -2.31. The molecule has 0 radical (unpaired) electrons. The van der Waals surface area contributed by atoms with E-state index in [2.05, 4.69) is 15.9 Å². The highest BCUT2D eigenvalue weighted by atomic mass is 79.9. The molecule has 0 bridgehead atoms. The van der Waals surface area contributed by atoms with Gasteiger partial charge in [-0.25, -0.2) is 13.6 Å². The van der Waals surface area contributed by atoms with Crippen molar-refractivity contribution in [1.82, 2.24) is 4.90 Å². The largest absolute Gasteiger partial charge is 0.383 e. The van der Waals surface area contributed by atoms with Gasteiger partial charge in [-0.2, -0.15) is 0 Å². The Bertz CT molecular complexity index is 619. The molecule has 1 unspecified atom stereocenters. The Hall–Kier alpha value is -0.960. The second kappa shape index (κ2) is 7.35. The van der Waals surface area contributed by atoms with Crippen LogP contribution in [0.15, 0.2) is 27.6 Å². The molecule has 1 atom stereocenters. The van der Waals surface area contributed by atoms with Crippen LogP contribution in [0.2, 0.25) is 0 Å². The van der Waals surface area contributed by atoms with Gasteiger partial charge in [0.25, 0.3) is 5.91 Å². The number of nitrogens with zero attached hydrogens (tertiary/aromatic N) is 1. The van der Waals surface area contributed by atoms with E-state index >= 15 is 0 Å². The van der Waals surface area contributed by atoms with Crippen molar-refractivity contribution in [3.05, 3.63) is 28.2 Å². The second-order valence-corrected chi connectivity index (χ2v) is 7.09. The topological polar surface area (TPSA) is 89.7 Å². The number of hydrogen-bond donors (Lipinski definition) is 1. The number of ether oxygens (including phenoxy) is 1. The molecule has 1 rings (SSSR count). The third-order valence-corrected chi connectivity index (χ3v) is 4.34. The van der Waals surface area contributed by atoms with E-state index < -0.39 is 10.0 Å². The summed E-state index contributed by atoms with van der Waals surface area (Å²) in [6, 6.07) is 4.09. The van der Waals surface area contributed by atoms with Crippen LogP contribution in [0.4, 0.5) is 0 Å². The predicted octanol–water partition coefficient (Wildman–Crippen LogP) is 1.59. The summed E-state index contributed by atoms with van der Waals surface area (Å²) in [6.07, 6.45) is 0. The molecular weight excluding hydrogens is 360 g/mol. The van der Waals surface area contributed by atoms with Crippen LogP contribution in [-0.4, -0.2) is 45.5 Å². The van der Waals surface area contributed by atoms with Crippen LogP contribution in [0.1, 0.15) is 24.2 Å². The summed E-state index contributed by atoms with van der Waals surface area (Å²) in [5.41, 5.74) is 0.262. The SMILES string of the molecule is CCN(C(=O)c1cc(Br)cc(S(N)(=O)=O)c1)C(C)COC. The second-order valence-electron chi connectivity index (χ2n) is 4.62. The van der Waals surface area contributed by atoms with Crippen molar-refractivity contribution < 1.29 is 17.9 Å². The molecule has 1 aromatic carbocycles. The van der Waals surface area contributed by atoms with Crippen LogP contribution in [-0.2, 0) is 14.8 Å². The monoisotopic (exact) mass is 378 g/mol. The standard InChI is InChI=1S/C13H19BrN2O4S/c1-4-16(9(2)8-20-3)13(17)10-5-11(14)7-12(6-10)21(15,18)19/h5-7,9H,4,8H2,1-3H3,(H2,15,18,19). The Balaban J connectivity index is 3.20. The van der Waals surface area contributed by atoms with Crippen molar-refractivity contribution >= 4 is 31.9 Å². The van der Waals surface area contributed by atoms with Gasteiger partial charge in [0.1, 0.15) is 0 Å². The summed E-state index contributed by atoms with van der Waals surface area (Å²) in [5, 5.41) is 5.12. The molecule has 0 aliphatic rings. The fourth-order valence-electron chi connectivity index (χ4n) is 2.00. The van der Waals surface area contributed by atoms with E-state index in [4.69, 9.17) is 9.88 Å². The minimum atomic E-state index is -3.87. The molecule has 8 heteroatoms. The summed E-state index contributed by atoms with van der Waals surface area (Å²) < 4.78 is 28.4. The van der Waals surface area contributed by atoms with Gasteiger partial charge in [0.15, 0.2) is 0 Å². The summed E-state index contributed by atoms with van der Waals surface area (Å²) in [5.74, 6) is -0.270.